The maximum atomic E-state index is 12.6. The van der Waals surface area contributed by atoms with E-state index >= 15 is 0 Å². The van der Waals surface area contributed by atoms with Gasteiger partial charge in [-0.15, -0.1) is 4.31 Å². The first-order valence-corrected chi connectivity index (χ1v) is 10.4. The average molecular weight is 430 g/mol. The van der Waals surface area contributed by atoms with Crippen molar-refractivity contribution in [3.8, 4) is 6.07 Å². The molecule has 0 aromatic heterocycles. The van der Waals surface area contributed by atoms with Crippen LogP contribution in [0.3, 0.4) is 0 Å². The van der Waals surface area contributed by atoms with Gasteiger partial charge in [0.15, 0.2) is 4.90 Å². The summed E-state index contributed by atoms with van der Waals surface area (Å²) >= 11 is -1.91. The molecule has 0 aliphatic carbocycles. The van der Waals surface area contributed by atoms with Gasteiger partial charge in [-0.1, -0.05) is 0 Å². The van der Waals surface area contributed by atoms with E-state index in [4.69, 9.17) is 15.9 Å². The standard InChI is InChI=1S/C13H11ClF3N3O4S2/c14-26(23,24)10-1-2-11(9(7-10)8-18)25(22)20-5-3-19(4-6-20)12(21)13(15,16)17/h1-2,7H,3-6H2. The topological polar surface area (TPSA) is 105 Å². The number of carbonyl (C=O) groups is 1. The summed E-state index contributed by atoms with van der Waals surface area (Å²) in [5.41, 5.74) is -0.182. The Hall–Kier alpha value is -1.52. The maximum Gasteiger partial charge on any atom is 0.471 e. The minimum Gasteiger partial charge on any atom is -0.593 e. The van der Waals surface area contributed by atoms with E-state index in [2.05, 4.69) is 0 Å². The minimum absolute atomic E-state index is 0.00663. The first-order chi connectivity index (χ1) is 11.9. The van der Waals surface area contributed by atoms with Gasteiger partial charge in [0.1, 0.15) is 11.6 Å². The first kappa shape index (κ1) is 20.8. The molecule has 1 aromatic carbocycles. The highest BCUT2D eigenvalue weighted by molar-refractivity contribution is 8.13. The Morgan fingerprint density at radius 3 is 2.31 bits per heavy atom. The van der Waals surface area contributed by atoms with E-state index < -0.39 is 32.5 Å². The molecular weight excluding hydrogens is 419 g/mol. The molecule has 0 saturated carbocycles. The summed E-state index contributed by atoms with van der Waals surface area (Å²) in [6, 6.07) is 4.94. The summed E-state index contributed by atoms with van der Waals surface area (Å²) in [7, 11) is 1.12. The SMILES string of the molecule is N#Cc1cc(S(=O)(=O)Cl)ccc1[S+]([O-])N1CCN(C(=O)C(F)(F)F)CC1. The number of halogens is 4. The molecule has 1 aromatic rings. The molecule has 13 heteroatoms. The molecule has 1 aliphatic rings. The molecule has 7 nitrogen and oxygen atoms in total. The van der Waals surface area contributed by atoms with Crippen LogP contribution < -0.4 is 0 Å². The highest BCUT2D eigenvalue weighted by Gasteiger charge is 2.44. The van der Waals surface area contributed by atoms with Crippen LogP contribution in [0, 0.1) is 11.3 Å². The fourth-order valence-corrected chi connectivity index (χ4v) is 4.30. The lowest BCUT2D eigenvalue weighted by molar-refractivity contribution is -0.186. The molecule has 0 spiro atoms. The van der Waals surface area contributed by atoms with E-state index in [1.54, 1.807) is 6.07 Å². The predicted octanol–water partition coefficient (Wildman–Crippen LogP) is 1.21. The lowest BCUT2D eigenvalue weighted by atomic mass is 10.2. The van der Waals surface area contributed by atoms with E-state index in [0.29, 0.717) is 4.90 Å². The highest BCUT2D eigenvalue weighted by Crippen LogP contribution is 2.26. The van der Waals surface area contributed by atoms with E-state index in [9.17, 15) is 30.9 Å². The van der Waals surface area contributed by atoms with E-state index in [0.717, 1.165) is 18.2 Å². The summed E-state index contributed by atoms with van der Waals surface area (Å²) in [5, 5.41) is 9.14. The number of amides is 1. The third kappa shape index (κ3) is 4.60. The fraction of sp³-hybridized carbons (Fsp3) is 0.385. The van der Waals surface area contributed by atoms with Crippen LogP contribution >= 0.6 is 10.7 Å². The monoisotopic (exact) mass is 429 g/mol. The summed E-state index contributed by atoms with van der Waals surface area (Å²) in [5.74, 6) is -1.96. The fourth-order valence-electron chi connectivity index (χ4n) is 2.28. The second-order valence-corrected chi connectivity index (χ2v) is 9.20. The summed E-state index contributed by atoms with van der Waals surface area (Å²) in [6.07, 6.45) is -4.97. The van der Waals surface area contributed by atoms with Crippen molar-refractivity contribution in [2.45, 2.75) is 16.0 Å². The smallest absolute Gasteiger partial charge is 0.471 e. The van der Waals surface area contributed by atoms with Gasteiger partial charge < -0.3 is 9.45 Å². The predicted molar refractivity (Wildman–Crippen MR) is 84.8 cm³/mol. The van der Waals surface area contributed by atoms with Gasteiger partial charge in [-0.25, -0.2) is 8.42 Å². The van der Waals surface area contributed by atoms with Crippen LogP contribution in [0.5, 0.6) is 0 Å². The molecule has 2 rings (SSSR count). The molecule has 142 valence electrons. The second kappa shape index (κ2) is 7.61. The number of hydrogen-bond acceptors (Lipinski definition) is 6. The van der Waals surface area contributed by atoms with Crippen LogP contribution in [-0.2, 0) is 25.2 Å². The van der Waals surface area contributed by atoms with Gasteiger partial charge in [-0.2, -0.15) is 18.4 Å². The van der Waals surface area contributed by atoms with Gasteiger partial charge >= 0.3 is 12.1 Å². The molecule has 0 bridgehead atoms. The molecular formula is C13H11ClF3N3O4S2. The zero-order chi connectivity index (χ0) is 19.7. The van der Waals surface area contributed by atoms with Crippen molar-refractivity contribution in [1.29, 1.82) is 5.26 Å². The largest absolute Gasteiger partial charge is 0.593 e. The third-order valence-corrected chi connectivity index (χ3v) is 6.46. The molecule has 0 N–H and O–H groups in total. The Morgan fingerprint density at radius 2 is 1.85 bits per heavy atom. The first-order valence-electron chi connectivity index (χ1n) is 6.97. The maximum absolute atomic E-state index is 12.6. The molecule has 1 amide bonds. The Kier molecular flexibility index (Phi) is 6.09. The number of carbonyl (C=O) groups excluding carboxylic acids is 1. The molecule has 0 radical (unpaired) electrons. The lowest BCUT2D eigenvalue weighted by Crippen LogP contribution is -2.53. The lowest BCUT2D eigenvalue weighted by Gasteiger charge is -2.34. The zero-order valence-electron chi connectivity index (χ0n) is 12.9. The Bertz CT molecular complexity index is 849. The highest BCUT2D eigenvalue weighted by atomic mass is 35.7. The number of nitriles is 1. The van der Waals surface area contributed by atoms with Crippen LogP contribution in [0.1, 0.15) is 5.56 Å². The van der Waals surface area contributed by atoms with Crippen molar-refractivity contribution in [1.82, 2.24) is 9.21 Å². The van der Waals surface area contributed by atoms with Gasteiger partial charge in [-0.05, 0) is 18.2 Å². The van der Waals surface area contributed by atoms with Crippen LogP contribution in [0.2, 0.25) is 0 Å². The van der Waals surface area contributed by atoms with Gasteiger partial charge in [-0.3, -0.25) is 4.79 Å². The molecule has 1 unspecified atom stereocenters. The molecule has 1 fully saturated rings. The van der Waals surface area contributed by atoms with Crippen LogP contribution in [0.4, 0.5) is 13.2 Å². The molecule has 1 saturated heterocycles. The van der Waals surface area contributed by atoms with Crippen molar-refractivity contribution in [2.24, 2.45) is 0 Å². The second-order valence-electron chi connectivity index (χ2n) is 5.18. The Morgan fingerprint density at radius 1 is 1.27 bits per heavy atom. The Balaban J connectivity index is 2.15. The van der Waals surface area contributed by atoms with Gasteiger partial charge in [0.05, 0.1) is 29.3 Å². The number of rotatable bonds is 3. The van der Waals surface area contributed by atoms with Crippen LogP contribution in [0.25, 0.3) is 0 Å². The number of piperazine rings is 1. The summed E-state index contributed by atoms with van der Waals surface area (Å²) in [4.78, 5) is 11.5. The normalized spacial score (nSPS) is 17.6. The molecule has 1 atom stereocenters. The number of hydrogen-bond donors (Lipinski definition) is 0. The van der Waals surface area contributed by atoms with Crippen molar-refractivity contribution < 1.29 is 30.9 Å². The number of benzene rings is 1. The minimum atomic E-state index is -4.97. The summed E-state index contributed by atoms with van der Waals surface area (Å²) < 4.78 is 73.8. The van der Waals surface area contributed by atoms with Crippen LogP contribution in [-0.4, -0.2) is 60.4 Å². The number of nitrogens with zero attached hydrogens (tertiary/aromatic N) is 3. The van der Waals surface area contributed by atoms with E-state index in [1.807, 2.05) is 0 Å². The van der Waals surface area contributed by atoms with Gasteiger partial charge in [0, 0.05) is 23.8 Å². The van der Waals surface area contributed by atoms with Gasteiger partial charge in [0.25, 0.3) is 9.05 Å². The summed E-state index contributed by atoms with van der Waals surface area (Å²) in [6.45, 7) is -0.760. The molecule has 1 heterocycles. The van der Waals surface area contributed by atoms with E-state index in [-0.39, 0.29) is 41.5 Å². The van der Waals surface area contributed by atoms with Crippen LogP contribution in [0.15, 0.2) is 28.0 Å². The van der Waals surface area contributed by atoms with Crippen molar-refractivity contribution in [2.75, 3.05) is 26.2 Å². The molecule has 1 aliphatic heterocycles. The van der Waals surface area contributed by atoms with Gasteiger partial charge in [0.2, 0.25) is 0 Å². The molecule has 26 heavy (non-hydrogen) atoms. The van der Waals surface area contributed by atoms with E-state index in [1.165, 1.54) is 4.31 Å². The Labute approximate surface area is 154 Å². The van der Waals surface area contributed by atoms with Crippen molar-refractivity contribution in [3.05, 3.63) is 23.8 Å². The third-order valence-electron chi connectivity index (χ3n) is 3.54. The van der Waals surface area contributed by atoms with Crippen molar-refractivity contribution in [3.63, 3.8) is 0 Å². The van der Waals surface area contributed by atoms with Crippen molar-refractivity contribution >= 4 is 37.0 Å². The zero-order valence-corrected chi connectivity index (χ0v) is 15.3. The number of alkyl halides is 3. The average Bonchev–Trinajstić information content (AvgIpc) is 2.58. The quantitative estimate of drug-likeness (QED) is 0.528.